The zero-order valence-electron chi connectivity index (χ0n) is 14.6. The first-order valence-electron chi connectivity index (χ1n) is 9.38. The molecule has 4 rings (SSSR count). The van der Waals surface area contributed by atoms with Crippen LogP contribution in [0, 0.1) is 0 Å². The van der Waals surface area contributed by atoms with Gasteiger partial charge in [-0.2, -0.15) is 0 Å². The molecule has 3 saturated heterocycles. The van der Waals surface area contributed by atoms with E-state index in [1.165, 1.54) is 10.6 Å². The van der Waals surface area contributed by atoms with E-state index in [0.29, 0.717) is 6.54 Å². The number of rotatable bonds is 5. The molecule has 0 aliphatic carbocycles. The molecule has 0 spiro atoms. The van der Waals surface area contributed by atoms with Crippen LogP contribution in [0.2, 0.25) is 0 Å². The van der Waals surface area contributed by atoms with Crippen molar-refractivity contribution in [3.8, 4) is 0 Å². The minimum absolute atomic E-state index is 0.0244. The van der Waals surface area contributed by atoms with Gasteiger partial charge in [0.05, 0.1) is 0 Å². The number of hydrogen-bond acceptors (Lipinski definition) is 4. The van der Waals surface area contributed by atoms with Gasteiger partial charge in [0.1, 0.15) is 6.04 Å². The molecule has 3 heterocycles. The van der Waals surface area contributed by atoms with E-state index in [0.717, 1.165) is 58.5 Å². The van der Waals surface area contributed by atoms with Gasteiger partial charge in [-0.1, -0.05) is 18.2 Å². The number of imide groups is 1. The fourth-order valence-electron chi connectivity index (χ4n) is 4.21. The summed E-state index contributed by atoms with van der Waals surface area (Å²) in [6, 6.07) is 10.3. The lowest BCUT2D eigenvalue weighted by Gasteiger charge is -2.36. The van der Waals surface area contributed by atoms with Crippen molar-refractivity contribution >= 4 is 17.6 Å². The van der Waals surface area contributed by atoms with E-state index in [9.17, 15) is 9.59 Å². The number of carbonyl (C=O) groups is 2. The highest BCUT2D eigenvalue weighted by Gasteiger charge is 2.46. The summed E-state index contributed by atoms with van der Waals surface area (Å²) in [6.07, 6.45) is 2.66. The van der Waals surface area contributed by atoms with Gasteiger partial charge in [-0.25, -0.2) is 4.79 Å². The Morgan fingerprint density at radius 1 is 0.920 bits per heavy atom. The van der Waals surface area contributed by atoms with Crippen LogP contribution in [-0.2, 0) is 4.79 Å². The van der Waals surface area contributed by atoms with Crippen molar-refractivity contribution in [3.63, 3.8) is 0 Å². The van der Waals surface area contributed by atoms with Crippen LogP contribution in [0.15, 0.2) is 30.3 Å². The second-order valence-electron chi connectivity index (χ2n) is 7.14. The summed E-state index contributed by atoms with van der Waals surface area (Å²) in [4.78, 5) is 32.7. The first-order chi connectivity index (χ1) is 12.2. The summed E-state index contributed by atoms with van der Waals surface area (Å²) in [5, 5.41) is 0. The molecule has 134 valence electrons. The van der Waals surface area contributed by atoms with E-state index < -0.39 is 0 Å². The Morgan fingerprint density at radius 2 is 1.68 bits per heavy atom. The molecule has 6 heteroatoms. The van der Waals surface area contributed by atoms with Gasteiger partial charge in [-0.15, -0.1) is 0 Å². The predicted molar refractivity (Wildman–Crippen MR) is 96.5 cm³/mol. The largest absolute Gasteiger partial charge is 0.369 e. The van der Waals surface area contributed by atoms with Crippen LogP contribution >= 0.6 is 0 Å². The Balaban J connectivity index is 1.21. The van der Waals surface area contributed by atoms with Gasteiger partial charge < -0.3 is 9.80 Å². The molecule has 6 nitrogen and oxygen atoms in total. The number of piperazine rings is 1. The Kier molecular flexibility index (Phi) is 4.61. The first-order valence-corrected chi connectivity index (χ1v) is 9.38. The van der Waals surface area contributed by atoms with Crippen molar-refractivity contribution < 1.29 is 9.59 Å². The molecule has 1 aromatic rings. The molecule has 25 heavy (non-hydrogen) atoms. The maximum absolute atomic E-state index is 12.3. The van der Waals surface area contributed by atoms with Gasteiger partial charge >= 0.3 is 6.03 Å². The number of carbonyl (C=O) groups excluding carboxylic acids is 2. The van der Waals surface area contributed by atoms with Gasteiger partial charge in [-0.05, 0) is 37.9 Å². The standard InChI is InChI=1S/C19H26N4O2/c24-18-17-8-4-10-22(17)19(25)23(18)11-5-9-20-12-14-21(15-13-20)16-6-2-1-3-7-16/h1-3,6-7,17H,4-5,8-15H2. The number of hydrogen-bond donors (Lipinski definition) is 0. The molecule has 3 aliphatic rings. The Hall–Kier alpha value is -2.08. The van der Waals surface area contributed by atoms with Crippen molar-refractivity contribution in [2.75, 3.05) is 50.7 Å². The number of nitrogens with zero attached hydrogens (tertiary/aromatic N) is 4. The van der Waals surface area contributed by atoms with Crippen molar-refractivity contribution in [1.29, 1.82) is 0 Å². The number of urea groups is 1. The van der Waals surface area contributed by atoms with E-state index in [1.54, 1.807) is 4.90 Å². The third kappa shape index (κ3) is 3.23. The number of amides is 3. The molecular weight excluding hydrogens is 316 g/mol. The molecule has 0 N–H and O–H groups in total. The summed E-state index contributed by atoms with van der Waals surface area (Å²) in [7, 11) is 0. The van der Waals surface area contributed by atoms with E-state index in [-0.39, 0.29) is 18.0 Å². The van der Waals surface area contributed by atoms with Gasteiger partial charge in [0.25, 0.3) is 5.91 Å². The molecule has 1 unspecified atom stereocenters. The van der Waals surface area contributed by atoms with Gasteiger partial charge in [0.15, 0.2) is 0 Å². The number of para-hydroxylation sites is 1. The molecule has 1 atom stereocenters. The number of fused-ring (bicyclic) bond motifs is 1. The highest BCUT2D eigenvalue weighted by molar-refractivity contribution is 6.04. The lowest BCUT2D eigenvalue weighted by atomic mass is 10.2. The molecule has 0 bridgehead atoms. The zero-order chi connectivity index (χ0) is 17.2. The molecule has 3 amide bonds. The third-order valence-corrected chi connectivity index (χ3v) is 5.63. The third-order valence-electron chi connectivity index (χ3n) is 5.63. The number of anilines is 1. The average Bonchev–Trinajstić information content (AvgIpc) is 3.22. The summed E-state index contributed by atoms with van der Waals surface area (Å²) in [5.74, 6) is 0.0244. The Bertz CT molecular complexity index is 606. The predicted octanol–water partition coefficient (Wildman–Crippen LogP) is 1.63. The van der Waals surface area contributed by atoms with Crippen molar-refractivity contribution in [3.05, 3.63) is 30.3 Å². The zero-order valence-corrected chi connectivity index (χ0v) is 14.6. The quantitative estimate of drug-likeness (QED) is 0.763. The highest BCUT2D eigenvalue weighted by atomic mass is 16.2. The van der Waals surface area contributed by atoms with Crippen molar-refractivity contribution in [2.24, 2.45) is 0 Å². The molecule has 0 saturated carbocycles. The first kappa shape index (κ1) is 16.4. The minimum atomic E-state index is -0.165. The van der Waals surface area contributed by atoms with E-state index in [1.807, 2.05) is 6.07 Å². The van der Waals surface area contributed by atoms with Crippen molar-refractivity contribution in [2.45, 2.75) is 25.3 Å². The van der Waals surface area contributed by atoms with Crippen molar-refractivity contribution in [1.82, 2.24) is 14.7 Å². The van der Waals surface area contributed by atoms with Crippen LogP contribution in [0.3, 0.4) is 0 Å². The molecule has 3 fully saturated rings. The highest BCUT2D eigenvalue weighted by Crippen LogP contribution is 2.27. The molecule has 0 radical (unpaired) electrons. The number of benzene rings is 1. The van der Waals surface area contributed by atoms with Crippen LogP contribution in [0.4, 0.5) is 10.5 Å². The SMILES string of the molecule is O=C1C2CCCN2C(=O)N1CCCN1CCN(c2ccccc2)CC1. The van der Waals surface area contributed by atoms with E-state index in [2.05, 4.69) is 34.1 Å². The summed E-state index contributed by atoms with van der Waals surface area (Å²) in [6.45, 7) is 6.38. The normalized spacial score (nSPS) is 24.3. The Morgan fingerprint density at radius 3 is 2.40 bits per heavy atom. The van der Waals surface area contributed by atoms with Crippen LogP contribution < -0.4 is 4.90 Å². The Labute approximate surface area is 149 Å². The smallest absolute Gasteiger partial charge is 0.327 e. The van der Waals surface area contributed by atoms with Gasteiger partial charge in [0.2, 0.25) is 0 Å². The maximum Gasteiger partial charge on any atom is 0.327 e. The second kappa shape index (κ2) is 7.04. The van der Waals surface area contributed by atoms with E-state index >= 15 is 0 Å². The lowest BCUT2D eigenvalue weighted by Crippen LogP contribution is -2.47. The fourth-order valence-corrected chi connectivity index (χ4v) is 4.21. The van der Waals surface area contributed by atoms with Crippen LogP contribution in [-0.4, -0.2) is 78.5 Å². The van der Waals surface area contributed by atoms with Crippen LogP contribution in [0.25, 0.3) is 0 Å². The molecule has 1 aromatic carbocycles. The topological polar surface area (TPSA) is 47.1 Å². The average molecular weight is 342 g/mol. The van der Waals surface area contributed by atoms with Gasteiger partial charge in [0, 0.05) is 45.0 Å². The second-order valence-corrected chi connectivity index (χ2v) is 7.14. The molecule has 3 aliphatic heterocycles. The monoisotopic (exact) mass is 342 g/mol. The fraction of sp³-hybridized carbons (Fsp3) is 0.579. The van der Waals surface area contributed by atoms with Gasteiger partial charge in [-0.3, -0.25) is 14.6 Å². The van der Waals surface area contributed by atoms with Crippen LogP contribution in [0.5, 0.6) is 0 Å². The minimum Gasteiger partial charge on any atom is -0.369 e. The van der Waals surface area contributed by atoms with E-state index in [4.69, 9.17) is 0 Å². The summed E-state index contributed by atoms with van der Waals surface area (Å²) < 4.78 is 0. The lowest BCUT2D eigenvalue weighted by molar-refractivity contribution is -0.128. The van der Waals surface area contributed by atoms with Crippen LogP contribution in [0.1, 0.15) is 19.3 Å². The summed E-state index contributed by atoms with van der Waals surface area (Å²) in [5.41, 5.74) is 1.29. The molecule has 0 aromatic heterocycles. The maximum atomic E-state index is 12.3. The summed E-state index contributed by atoms with van der Waals surface area (Å²) >= 11 is 0. The molecular formula is C19H26N4O2.